The van der Waals surface area contributed by atoms with Crippen LogP contribution in [0.25, 0.3) is 10.9 Å². The summed E-state index contributed by atoms with van der Waals surface area (Å²) in [5, 5.41) is 3.40. The molecule has 1 amide bonds. The molecular formula is C30H31N5O6. The molecule has 0 radical (unpaired) electrons. The van der Waals surface area contributed by atoms with E-state index in [0.717, 1.165) is 5.39 Å². The Balaban J connectivity index is 1.38. The molecule has 212 valence electrons. The highest BCUT2D eigenvalue weighted by Crippen LogP contribution is 2.36. The second-order valence-corrected chi connectivity index (χ2v) is 9.92. The number of anilines is 1. The molecule has 1 aliphatic rings. The van der Waals surface area contributed by atoms with Crippen LogP contribution in [0.5, 0.6) is 23.0 Å². The van der Waals surface area contributed by atoms with E-state index in [4.69, 9.17) is 14.2 Å². The predicted molar refractivity (Wildman–Crippen MR) is 154 cm³/mol. The van der Waals surface area contributed by atoms with Gasteiger partial charge < -0.3 is 29.0 Å². The summed E-state index contributed by atoms with van der Waals surface area (Å²) in [4.78, 5) is 49.8. The minimum Gasteiger partial charge on any atom is -0.493 e. The van der Waals surface area contributed by atoms with Crippen LogP contribution in [0.3, 0.4) is 0 Å². The molecule has 1 N–H and O–H groups in total. The van der Waals surface area contributed by atoms with Crippen LogP contribution < -0.4 is 25.1 Å². The molecule has 11 heteroatoms. The van der Waals surface area contributed by atoms with Gasteiger partial charge in [-0.2, -0.15) is 0 Å². The summed E-state index contributed by atoms with van der Waals surface area (Å²) in [6, 6.07) is 9.93. The van der Waals surface area contributed by atoms with Gasteiger partial charge in [0.2, 0.25) is 0 Å². The van der Waals surface area contributed by atoms with Crippen molar-refractivity contribution in [1.29, 1.82) is 0 Å². The zero-order valence-corrected chi connectivity index (χ0v) is 23.4. The maximum atomic E-state index is 13.4. The maximum Gasteiger partial charge on any atom is 0.263 e. The van der Waals surface area contributed by atoms with Crippen LogP contribution in [-0.2, 0) is 13.0 Å². The number of aromatic nitrogens is 3. The van der Waals surface area contributed by atoms with E-state index < -0.39 is 11.5 Å². The predicted octanol–water partition coefficient (Wildman–Crippen LogP) is 3.93. The second kappa shape index (κ2) is 11.8. The topological polar surface area (TPSA) is 125 Å². The quantitative estimate of drug-likeness (QED) is 0.326. The Bertz CT molecular complexity index is 1680. The number of nitrogens with zero attached hydrogens (tertiary/aromatic N) is 4. The average molecular weight is 558 g/mol. The van der Waals surface area contributed by atoms with E-state index in [-0.39, 0.29) is 17.2 Å². The molecule has 1 aromatic carbocycles. The van der Waals surface area contributed by atoms with Gasteiger partial charge in [-0.3, -0.25) is 19.4 Å². The normalized spacial score (nSPS) is 12.8. The highest BCUT2D eigenvalue weighted by atomic mass is 16.5. The molecule has 0 bridgehead atoms. The van der Waals surface area contributed by atoms with Gasteiger partial charge in [-0.1, -0.05) is 0 Å². The van der Waals surface area contributed by atoms with Crippen molar-refractivity contribution in [2.45, 2.75) is 25.8 Å². The number of ether oxygens (including phenoxy) is 3. The van der Waals surface area contributed by atoms with Gasteiger partial charge in [-0.25, -0.2) is 4.98 Å². The van der Waals surface area contributed by atoms with Crippen molar-refractivity contribution in [2.24, 2.45) is 0 Å². The molecule has 0 saturated heterocycles. The van der Waals surface area contributed by atoms with Crippen molar-refractivity contribution in [3.05, 3.63) is 76.0 Å². The van der Waals surface area contributed by atoms with Crippen LogP contribution in [0, 0.1) is 0 Å². The fourth-order valence-electron chi connectivity index (χ4n) is 4.83. The van der Waals surface area contributed by atoms with Crippen molar-refractivity contribution in [3.63, 3.8) is 0 Å². The molecule has 0 fully saturated rings. The number of Topliss-reactive ketones (excluding diaryl/α,β-unsaturated/α-hetero) is 1. The number of fused-ring (bicyclic) bond motifs is 2. The summed E-state index contributed by atoms with van der Waals surface area (Å²) in [6.07, 6.45) is 4.81. The number of hydrogen-bond donors (Lipinski definition) is 1. The number of carbonyl (C=O) groups is 2. The third kappa shape index (κ3) is 5.75. The molecule has 3 heterocycles. The summed E-state index contributed by atoms with van der Waals surface area (Å²) >= 11 is 0. The van der Waals surface area contributed by atoms with E-state index in [2.05, 4.69) is 15.3 Å². The lowest BCUT2D eigenvalue weighted by molar-refractivity contribution is 0.0970. The number of rotatable bonds is 9. The van der Waals surface area contributed by atoms with Crippen LogP contribution in [0.1, 0.15) is 39.3 Å². The van der Waals surface area contributed by atoms with Gasteiger partial charge in [0, 0.05) is 48.4 Å². The largest absolute Gasteiger partial charge is 0.493 e. The lowest BCUT2D eigenvalue weighted by atomic mass is 9.93. The molecule has 0 unspecified atom stereocenters. The summed E-state index contributed by atoms with van der Waals surface area (Å²) in [5.74, 6) is 1.60. The summed E-state index contributed by atoms with van der Waals surface area (Å²) in [6.45, 7) is 0.983. The third-order valence-corrected chi connectivity index (χ3v) is 6.95. The first-order valence-electron chi connectivity index (χ1n) is 13.2. The van der Waals surface area contributed by atoms with E-state index in [1.54, 1.807) is 55.3 Å². The Hall–Kier alpha value is -4.77. The Morgan fingerprint density at radius 2 is 1.78 bits per heavy atom. The monoisotopic (exact) mass is 557 g/mol. The Morgan fingerprint density at radius 1 is 1.00 bits per heavy atom. The first-order chi connectivity index (χ1) is 19.8. The molecule has 5 rings (SSSR count). The number of likely N-dealkylation sites (N-methyl/N-ethyl adjacent to an activating group) is 1. The highest BCUT2D eigenvalue weighted by Gasteiger charge is 2.25. The fraction of sp³-hybridized carbons (Fsp3) is 0.300. The summed E-state index contributed by atoms with van der Waals surface area (Å²) in [7, 11) is 6.92. The van der Waals surface area contributed by atoms with Gasteiger partial charge >= 0.3 is 0 Å². The number of hydrogen-bond acceptors (Lipinski definition) is 9. The SMILES string of the molecule is COc1cc2nccc(Oc3ccc(NC(=O)c4cc5c(n(CCN(C)C)c4=O)CCCC5=O)nc3)c2cc1OC. The van der Waals surface area contributed by atoms with Gasteiger partial charge in [0.1, 0.15) is 22.9 Å². The number of ketones is 1. The van der Waals surface area contributed by atoms with Gasteiger partial charge in [-0.15, -0.1) is 0 Å². The number of nitrogens with one attached hydrogen (secondary N) is 1. The van der Waals surface area contributed by atoms with E-state index in [9.17, 15) is 14.4 Å². The van der Waals surface area contributed by atoms with Crippen molar-refractivity contribution < 1.29 is 23.8 Å². The summed E-state index contributed by atoms with van der Waals surface area (Å²) < 4.78 is 18.4. The number of carbonyl (C=O) groups excluding carboxylic acids is 2. The van der Waals surface area contributed by atoms with Crippen molar-refractivity contribution in [1.82, 2.24) is 19.4 Å². The molecule has 0 atom stereocenters. The molecular weight excluding hydrogens is 526 g/mol. The summed E-state index contributed by atoms with van der Waals surface area (Å²) in [5.41, 5.74) is 1.29. The second-order valence-electron chi connectivity index (χ2n) is 9.92. The zero-order valence-electron chi connectivity index (χ0n) is 23.4. The third-order valence-electron chi connectivity index (χ3n) is 6.95. The number of benzene rings is 1. The van der Waals surface area contributed by atoms with Crippen LogP contribution in [0.4, 0.5) is 5.82 Å². The molecule has 4 aromatic rings. The van der Waals surface area contributed by atoms with Gasteiger partial charge in [-0.05, 0) is 57.3 Å². The first-order valence-corrected chi connectivity index (χ1v) is 13.2. The molecule has 0 spiro atoms. The van der Waals surface area contributed by atoms with Crippen LogP contribution >= 0.6 is 0 Å². The Morgan fingerprint density at radius 3 is 2.49 bits per heavy atom. The van der Waals surface area contributed by atoms with Gasteiger partial charge in [0.25, 0.3) is 11.5 Å². The molecule has 0 aliphatic heterocycles. The van der Waals surface area contributed by atoms with E-state index in [0.29, 0.717) is 72.1 Å². The zero-order chi connectivity index (χ0) is 29.1. The highest BCUT2D eigenvalue weighted by molar-refractivity contribution is 6.06. The molecule has 41 heavy (non-hydrogen) atoms. The minimum absolute atomic E-state index is 0.0572. The van der Waals surface area contributed by atoms with Crippen molar-refractivity contribution >= 4 is 28.4 Å². The lowest BCUT2D eigenvalue weighted by Crippen LogP contribution is -2.36. The molecule has 1 aliphatic carbocycles. The number of pyridine rings is 3. The number of methoxy groups -OCH3 is 2. The maximum absolute atomic E-state index is 13.4. The smallest absolute Gasteiger partial charge is 0.263 e. The molecule has 3 aromatic heterocycles. The van der Waals surface area contributed by atoms with Crippen LogP contribution in [0.2, 0.25) is 0 Å². The molecule has 11 nitrogen and oxygen atoms in total. The van der Waals surface area contributed by atoms with Crippen molar-refractivity contribution in [2.75, 3.05) is 40.2 Å². The van der Waals surface area contributed by atoms with E-state index in [1.807, 2.05) is 19.0 Å². The number of amides is 1. The van der Waals surface area contributed by atoms with Crippen LogP contribution in [-0.4, -0.2) is 66.0 Å². The lowest BCUT2D eigenvalue weighted by Gasteiger charge is -2.22. The van der Waals surface area contributed by atoms with Gasteiger partial charge in [0.05, 0.1) is 25.9 Å². The van der Waals surface area contributed by atoms with Crippen LogP contribution in [0.15, 0.2) is 53.6 Å². The molecule has 0 saturated carbocycles. The fourth-order valence-corrected chi connectivity index (χ4v) is 4.83. The van der Waals surface area contributed by atoms with E-state index in [1.165, 1.54) is 12.3 Å². The first kappa shape index (κ1) is 27.8. The van der Waals surface area contributed by atoms with Gasteiger partial charge in [0.15, 0.2) is 17.3 Å². The Kier molecular flexibility index (Phi) is 7.97. The standard InChI is InChI=1S/C30H31N5O6/c1-34(2)12-13-35-23-6-5-7-24(36)20(23)14-21(30(35)38)29(37)33-28-9-8-18(17-32-28)41-25-10-11-31-22-16-27(40-4)26(39-3)15-19(22)25/h8-11,14-17H,5-7,12-13H2,1-4H3,(H,32,33,37). The van der Waals surface area contributed by atoms with E-state index >= 15 is 0 Å². The van der Waals surface area contributed by atoms with Crippen molar-refractivity contribution in [3.8, 4) is 23.0 Å². The average Bonchev–Trinajstić information content (AvgIpc) is 2.97. The Labute approximate surface area is 236 Å². The minimum atomic E-state index is -0.628.